The Hall–Kier alpha value is -0.930. The topological polar surface area (TPSA) is 30.7 Å². The second-order valence-electron chi connectivity index (χ2n) is 4.27. The van der Waals surface area contributed by atoms with Gasteiger partial charge in [0.15, 0.2) is 5.67 Å². The Kier molecular flexibility index (Phi) is 2.29. The van der Waals surface area contributed by atoms with Gasteiger partial charge in [-0.25, -0.2) is 4.39 Å². The predicted molar refractivity (Wildman–Crippen MR) is 51.6 cm³/mol. The number of halogens is 1. The monoisotopic (exact) mass is 197 g/mol. The Balaban J connectivity index is 2.43. The zero-order valence-electron chi connectivity index (χ0n) is 8.76. The molecule has 14 heavy (non-hydrogen) atoms. The molecule has 0 aliphatic heterocycles. The van der Waals surface area contributed by atoms with Crippen molar-refractivity contribution in [3.8, 4) is 0 Å². The molecule has 1 aromatic rings. The highest BCUT2D eigenvalue weighted by Crippen LogP contribution is 2.34. The van der Waals surface area contributed by atoms with Crippen molar-refractivity contribution < 1.29 is 4.39 Å². The quantitative estimate of drug-likeness (QED) is 0.637. The van der Waals surface area contributed by atoms with E-state index in [4.69, 9.17) is 0 Å². The first-order chi connectivity index (χ1) is 6.61. The summed E-state index contributed by atoms with van der Waals surface area (Å²) in [5.41, 5.74) is 0.235. The first kappa shape index (κ1) is 9.62. The Morgan fingerprint density at radius 3 is 2.93 bits per heavy atom. The molecule has 0 amide bonds. The first-order valence-electron chi connectivity index (χ1n) is 5.19. The van der Waals surface area contributed by atoms with Crippen molar-refractivity contribution in [3.05, 3.63) is 11.4 Å². The molecule has 1 aromatic heterocycles. The number of alkyl halides is 1. The fourth-order valence-corrected chi connectivity index (χ4v) is 2.11. The number of aryl methyl sites for hydroxylation is 1. The van der Waals surface area contributed by atoms with Gasteiger partial charge in [-0.15, -0.1) is 5.10 Å². The van der Waals surface area contributed by atoms with Crippen LogP contribution in [-0.2, 0) is 19.1 Å². The SMILES string of the molecule is Cn1nnc2c1CCCCCC2(C)F. The molecule has 0 bridgehead atoms. The van der Waals surface area contributed by atoms with Crippen LogP contribution in [0.2, 0.25) is 0 Å². The van der Waals surface area contributed by atoms with Gasteiger partial charge in [-0.3, -0.25) is 4.68 Å². The van der Waals surface area contributed by atoms with E-state index in [9.17, 15) is 4.39 Å². The van der Waals surface area contributed by atoms with E-state index in [1.165, 1.54) is 0 Å². The molecule has 4 heteroatoms. The summed E-state index contributed by atoms with van der Waals surface area (Å²) in [6.45, 7) is 1.62. The third kappa shape index (κ3) is 1.53. The van der Waals surface area contributed by atoms with Crippen molar-refractivity contribution in [2.24, 2.45) is 7.05 Å². The van der Waals surface area contributed by atoms with Crippen LogP contribution in [0, 0.1) is 0 Å². The van der Waals surface area contributed by atoms with Crippen molar-refractivity contribution in [3.63, 3.8) is 0 Å². The van der Waals surface area contributed by atoms with Gasteiger partial charge in [-0.2, -0.15) is 0 Å². The van der Waals surface area contributed by atoms with Crippen LogP contribution in [0.15, 0.2) is 0 Å². The maximum Gasteiger partial charge on any atom is 0.153 e. The largest absolute Gasteiger partial charge is 0.252 e. The zero-order valence-corrected chi connectivity index (χ0v) is 8.76. The lowest BCUT2D eigenvalue weighted by Gasteiger charge is -2.21. The molecule has 1 unspecified atom stereocenters. The summed E-state index contributed by atoms with van der Waals surface area (Å²) < 4.78 is 15.9. The van der Waals surface area contributed by atoms with E-state index in [-0.39, 0.29) is 0 Å². The lowest BCUT2D eigenvalue weighted by atomic mass is 9.90. The molecule has 1 heterocycles. The zero-order chi connectivity index (χ0) is 10.2. The Labute approximate surface area is 83.3 Å². The maximum absolute atomic E-state index is 14.2. The van der Waals surface area contributed by atoms with E-state index >= 15 is 0 Å². The summed E-state index contributed by atoms with van der Waals surface area (Å²) in [6, 6.07) is 0. The van der Waals surface area contributed by atoms with Gasteiger partial charge in [0.05, 0.1) is 5.69 Å². The van der Waals surface area contributed by atoms with Gasteiger partial charge in [-0.1, -0.05) is 11.6 Å². The van der Waals surface area contributed by atoms with Crippen LogP contribution in [0.5, 0.6) is 0 Å². The van der Waals surface area contributed by atoms with E-state index in [0.717, 1.165) is 31.4 Å². The van der Waals surface area contributed by atoms with Gasteiger partial charge in [0.25, 0.3) is 0 Å². The van der Waals surface area contributed by atoms with Crippen molar-refractivity contribution in [2.75, 3.05) is 0 Å². The second kappa shape index (κ2) is 3.33. The third-order valence-electron chi connectivity index (χ3n) is 3.00. The molecule has 1 aliphatic rings. The highest BCUT2D eigenvalue weighted by Gasteiger charge is 2.33. The molecular formula is C10H16FN3. The van der Waals surface area contributed by atoms with Crippen LogP contribution in [0.25, 0.3) is 0 Å². The minimum Gasteiger partial charge on any atom is -0.252 e. The van der Waals surface area contributed by atoms with Gasteiger partial charge >= 0.3 is 0 Å². The highest BCUT2D eigenvalue weighted by molar-refractivity contribution is 5.18. The van der Waals surface area contributed by atoms with Crippen LogP contribution in [-0.4, -0.2) is 15.0 Å². The van der Waals surface area contributed by atoms with Crippen molar-refractivity contribution in [2.45, 2.75) is 44.7 Å². The number of nitrogens with zero attached hydrogens (tertiary/aromatic N) is 3. The summed E-state index contributed by atoms with van der Waals surface area (Å²) in [6.07, 6.45) is 4.63. The van der Waals surface area contributed by atoms with Crippen LogP contribution < -0.4 is 0 Å². The second-order valence-corrected chi connectivity index (χ2v) is 4.27. The molecule has 0 spiro atoms. The van der Waals surface area contributed by atoms with Gasteiger partial charge in [0.2, 0.25) is 0 Å². The van der Waals surface area contributed by atoms with E-state index in [0.29, 0.717) is 12.1 Å². The number of fused-ring (bicyclic) bond motifs is 1. The smallest absolute Gasteiger partial charge is 0.153 e. The molecule has 0 aromatic carbocycles. The summed E-state index contributed by atoms with van der Waals surface area (Å²) in [5.74, 6) is 0. The molecule has 1 atom stereocenters. The fraction of sp³-hybridized carbons (Fsp3) is 0.800. The van der Waals surface area contributed by atoms with Crippen molar-refractivity contribution >= 4 is 0 Å². The lowest BCUT2D eigenvalue weighted by molar-refractivity contribution is 0.160. The molecule has 78 valence electrons. The van der Waals surface area contributed by atoms with Crippen molar-refractivity contribution in [1.82, 2.24) is 15.0 Å². The van der Waals surface area contributed by atoms with Crippen LogP contribution in [0.4, 0.5) is 4.39 Å². The summed E-state index contributed by atoms with van der Waals surface area (Å²) in [4.78, 5) is 0. The maximum atomic E-state index is 14.2. The minimum atomic E-state index is -1.29. The molecule has 1 aliphatic carbocycles. The van der Waals surface area contributed by atoms with E-state index < -0.39 is 5.67 Å². The van der Waals surface area contributed by atoms with Crippen LogP contribution >= 0.6 is 0 Å². The standard InChI is InChI=1S/C10H16FN3/c1-10(11)7-5-3-4-6-8-9(10)12-13-14(8)2/h3-7H2,1-2H3. The van der Waals surface area contributed by atoms with Gasteiger partial charge in [0, 0.05) is 7.05 Å². The van der Waals surface area contributed by atoms with Crippen molar-refractivity contribution in [1.29, 1.82) is 0 Å². The molecule has 2 rings (SSSR count). The molecule has 0 radical (unpaired) electrons. The molecule has 0 saturated carbocycles. The fourth-order valence-electron chi connectivity index (χ4n) is 2.11. The number of aromatic nitrogens is 3. The average molecular weight is 197 g/mol. The van der Waals surface area contributed by atoms with E-state index in [2.05, 4.69) is 10.3 Å². The molecular weight excluding hydrogens is 181 g/mol. The minimum absolute atomic E-state index is 0.555. The Morgan fingerprint density at radius 1 is 1.36 bits per heavy atom. The number of hydrogen-bond acceptors (Lipinski definition) is 2. The van der Waals surface area contributed by atoms with E-state index in [1.807, 2.05) is 7.05 Å². The Bertz CT molecular complexity index is 330. The van der Waals surface area contributed by atoms with Gasteiger partial charge < -0.3 is 0 Å². The van der Waals surface area contributed by atoms with E-state index in [1.54, 1.807) is 11.6 Å². The number of rotatable bonds is 0. The summed E-state index contributed by atoms with van der Waals surface area (Å²) in [5, 5.41) is 7.85. The third-order valence-corrected chi connectivity index (χ3v) is 3.00. The van der Waals surface area contributed by atoms with Crippen LogP contribution in [0.1, 0.15) is 44.0 Å². The normalized spacial score (nSPS) is 27.9. The molecule has 0 saturated heterocycles. The number of hydrogen-bond donors (Lipinski definition) is 0. The molecule has 0 fully saturated rings. The highest BCUT2D eigenvalue weighted by atomic mass is 19.1. The van der Waals surface area contributed by atoms with Gasteiger partial charge in [0.1, 0.15) is 5.69 Å². The summed E-state index contributed by atoms with van der Waals surface area (Å²) in [7, 11) is 1.84. The van der Waals surface area contributed by atoms with Gasteiger partial charge in [-0.05, 0) is 32.6 Å². The first-order valence-corrected chi connectivity index (χ1v) is 5.19. The summed E-state index contributed by atoms with van der Waals surface area (Å²) >= 11 is 0. The molecule has 3 nitrogen and oxygen atoms in total. The molecule has 0 N–H and O–H groups in total. The predicted octanol–water partition coefficient (Wildman–Crippen LogP) is 2.12. The Morgan fingerprint density at radius 2 is 2.14 bits per heavy atom. The average Bonchev–Trinajstić information content (AvgIpc) is 2.45. The lowest BCUT2D eigenvalue weighted by Crippen LogP contribution is -2.20. The van der Waals surface area contributed by atoms with Crippen LogP contribution in [0.3, 0.4) is 0 Å².